The van der Waals surface area contributed by atoms with Crippen molar-refractivity contribution in [2.24, 2.45) is 0 Å². The van der Waals surface area contributed by atoms with Crippen LogP contribution in [0.1, 0.15) is 100 Å². The van der Waals surface area contributed by atoms with Gasteiger partial charge in [0.25, 0.3) is 0 Å². The van der Waals surface area contributed by atoms with E-state index in [2.05, 4.69) is 85.0 Å². The van der Waals surface area contributed by atoms with Gasteiger partial charge in [-0.3, -0.25) is 0 Å². The Hall–Kier alpha value is -2.12. The number of benzene rings is 2. The van der Waals surface area contributed by atoms with E-state index in [0.29, 0.717) is 11.8 Å². The summed E-state index contributed by atoms with van der Waals surface area (Å²) in [5.74, 6) is 3.32. The third kappa shape index (κ3) is 5.68. The van der Waals surface area contributed by atoms with E-state index in [0.717, 1.165) is 24.3 Å². The quantitative estimate of drug-likeness (QED) is 0.314. The molecule has 0 aliphatic heterocycles. The number of hydrogen-bond donors (Lipinski definition) is 0. The third-order valence-corrected chi connectivity index (χ3v) is 17.4. The van der Waals surface area contributed by atoms with E-state index in [-0.39, 0.29) is 0 Å². The molecule has 4 aliphatic carbocycles. The summed E-state index contributed by atoms with van der Waals surface area (Å²) in [4.78, 5) is 0. The van der Waals surface area contributed by atoms with Crippen molar-refractivity contribution in [1.29, 1.82) is 0 Å². The second kappa shape index (κ2) is 11.7. The zero-order chi connectivity index (χ0) is 24.9. The number of rotatable bonds is 8. The van der Waals surface area contributed by atoms with Crippen LogP contribution in [-0.2, 0) is 21.1 Å². The van der Waals surface area contributed by atoms with Crippen LogP contribution in [0.25, 0.3) is 0 Å². The van der Waals surface area contributed by atoms with Gasteiger partial charge in [-0.1, -0.05) is 0 Å². The fourth-order valence-electron chi connectivity index (χ4n) is 6.69. The van der Waals surface area contributed by atoms with E-state index in [9.17, 15) is 0 Å². The summed E-state index contributed by atoms with van der Waals surface area (Å²) in [7, 11) is 0. The van der Waals surface area contributed by atoms with Crippen LogP contribution in [0.15, 0.2) is 91.5 Å². The molecule has 37 heavy (non-hydrogen) atoms. The average molecular weight is 572 g/mol. The molecular weight excluding hydrogens is 532 g/mol. The van der Waals surface area contributed by atoms with Crippen molar-refractivity contribution in [3.8, 4) is 11.5 Å². The fraction of sp³-hybridized carbons (Fsp3) is 0.412. The van der Waals surface area contributed by atoms with Crippen LogP contribution in [0, 0.1) is 0 Å². The van der Waals surface area contributed by atoms with Crippen LogP contribution in [0.3, 0.4) is 0 Å². The molecule has 0 heterocycles. The molecule has 3 heteroatoms. The Morgan fingerprint density at radius 2 is 0.919 bits per heavy atom. The SMILES string of the molecule is C1=CC[C]([Zr]([O]c2ccc(C3CCCCC3)cc2)([O]c2ccc(C3CCCCC3)cc2)[C]2=CC=CC2)=C1. The molecule has 0 unspecified atom stereocenters. The Morgan fingerprint density at radius 3 is 1.27 bits per heavy atom. The first-order valence-corrected chi connectivity index (χ1v) is 19.1. The van der Waals surface area contributed by atoms with Crippen LogP contribution >= 0.6 is 0 Å². The minimum absolute atomic E-state index is 0.707. The zero-order valence-corrected chi connectivity index (χ0v) is 24.5. The molecule has 2 aromatic rings. The molecule has 0 radical (unpaired) electrons. The standard InChI is InChI=1S/2C12H16O.2C5H5.Zr/c2*13-12-8-6-11(7-9-12)10-4-2-1-3-5-10;2*1-2-4-5-3-1;/h2*6-10,13H,1-5H2;2*1-3H,4H2;/q;;;;+2/p-2. The van der Waals surface area contributed by atoms with Crippen molar-refractivity contribution in [1.82, 2.24) is 0 Å². The van der Waals surface area contributed by atoms with Crippen LogP contribution < -0.4 is 5.63 Å². The van der Waals surface area contributed by atoms with Crippen molar-refractivity contribution < 1.29 is 26.8 Å². The first kappa shape index (κ1) is 25.2. The normalized spacial score (nSPS) is 20.6. The van der Waals surface area contributed by atoms with Crippen molar-refractivity contribution in [2.45, 2.75) is 88.9 Å². The molecule has 4 aliphatic rings. The topological polar surface area (TPSA) is 18.5 Å². The molecular formula is C34H40O2Zr. The maximum absolute atomic E-state index is 7.13. The van der Waals surface area contributed by atoms with E-state index >= 15 is 0 Å². The summed E-state index contributed by atoms with van der Waals surface area (Å²) in [6, 6.07) is 18.1. The predicted molar refractivity (Wildman–Crippen MR) is 149 cm³/mol. The molecule has 0 spiro atoms. The Bertz CT molecular complexity index is 1080. The second-order valence-corrected chi connectivity index (χ2v) is 18.5. The molecule has 0 aromatic heterocycles. The van der Waals surface area contributed by atoms with Gasteiger partial charge in [-0.05, 0) is 0 Å². The molecule has 2 nitrogen and oxygen atoms in total. The van der Waals surface area contributed by atoms with Gasteiger partial charge >= 0.3 is 230 Å². The van der Waals surface area contributed by atoms with E-state index < -0.39 is 21.1 Å². The van der Waals surface area contributed by atoms with Gasteiger partial charge in [0.2, 0.25) is 0 Å². The molecule has 2 fully saturated rings. The van der Waals surface area contributed by atoms with Gasteiger partial charge in [-0.2, -0.15) is 0 Å². The van der Waals surface area contributed by atoms with Gasteiger partial charge in [0.1, 0.15) is 0 Å². The van der Waals surface area contributed by atoms with E-state index in [1.807, 2.05) is 0 Å². The average Bonchev–Trinajstić information content (AvgIpc) is 3.71. The van der Waals surface area contributed by atoms with E-state index in [4.69, 9.17) is 5.63 Å². The van der Waals surface area contributed by atoms with Gasteiger partial charge in [0.15, 0.2) is 0 Å². The Kier molecular flexibility index (Phi) is 7.98. The monoisotopic (exact) mass is 570 g/mol. The summed E-state index contributed by atoms with van der Waals surface area (Å²) >= 11 is -3.94. The molecule has 0 amide bonds. The molecule has 0 N–H and O–H groups in total. The number of hydrogen-bond acceptors (Lipinski definition) is 2. The van der Waals surface area contributed by atoms with Crippen LogP contribution in [0.5, 0.6) is 11.5 Å². The van der Waals surface area contributed by atoms with Crippen molar-refractivity contribution in [2.75, 3.05) is 0 Å². The molecule has 0 saturated heterocycles. The summed E-state index contributed by atoms with van der Waals surface area (Å²) < 4.78 is 17.0. The Morgan fingerprint density at radius 1 is 0.514 bits per heavy atom. The molecule has 2 saturated carbocycles. The van der Waals surface area contributed by atoms with Gasteiger partial charge < -0.3 is 0 Å². The third-order valence-electron chi connectivity index (χ3n) is 8.82. The maximum atomic E-state index is 7.13. The van der Waals surface area contributed by atoms with Gasteiger partial charge in [-0.25, -0.2) is 0 Å². The summed E-state index contributed by atoms with van der Waals surface area (Å²) in [5, 5.41) is 0. The Labute approximate surface area is 228 Å². The van der Waals surface area contributed by atoms with Crippen LogP contribution in [0.4, 0.5) is 0 Å². The van der Waals surface area contributed by atoms with Gasteiger partial charge in [-0.15, -0.1) is 0 Å². The first-order valence-electron chi connectivity index (χ1n) is 14.6. The van der Waals surface area contributed by atoms with Gasteiger partial charge in [0.05, 0.1) is 0 Å². The van der Waals surface area contributed by atoms with Crippen molar-refractivity contribution in [3.05, 3.63) is 103 Å². The number of allylic oxidation sites excluding steroid dienone is 8. The van der Waals surface area contributed by atoms with Crippen LogP contribution in [0.2, 0.25) is 0 Å². The molecule has 0 bridgehead atoms. The van der Waals surface area contributed by atoms with Crippen LogP contribution in [-0.4, -0.2) is 0 Å². The Balaban J connectivity index is 1.29. The zero-order valence-electron chi connectivity index (χ0n) is 22.0. The first-order chi connectivity index (χ1) is 18.3. The summed E-state index contributed by atoms with van der Waals surface area (Å²) in [5.41, 5.74) is 2.94. The minimum atomic E-state index is -3.94. The fourth-order valence-corrected chi connectivity index (χ4v) is 14.8. The molecule has 2 aromatic carbocycles. The van der Waals surface area contributed by atoms with Crippen molar-refractivity contribution >= 4 is 0 Å². The van der Waals surface area contributed by atoms with Crippen molar-refractivity contribution in [3.63, 3.8) is 0 Å². The summed E-state index contributed by atoms with van der Waals surface area (Å²) in [6.07, 6.45) is 28.7. The van der Waals surface area contributed by atoms with Gasteiger partial charge in [0, 0.05) is 0 Å². The second-order valence-electron chi connectivity index (χ2n) is 11.3. The van der Waals surface area contributed by atoms with E-state index in [1.54, 1.807) is 0 Å². The summed E-state index contributed by atoms with van der Waals surface area (Å²) in [6.45, 7) is 0. The molecule has 0 atom stereocenters. The predicted octanol–water partition coefficient (Wildman–Crippen LogP) is 9.91. The molecule has 6 rings (SSSR count). The van der Waals surface area contributed by atoms with E-state index in [1.165, 1.54) is 81.9 Å². The molecule has 192 valence electrons.